The van der Waals surface area contributed by atoms with Crippen molar-refractivity contribution in [3.63, 3.8) is 0 Å². The zero-order chi connectivity index (χ0) is 10.4. The van der Waals surface area contributed by atoms with Gasteiger partial charge in [0.2, 0.25) is 0 Å². The van der Waals surface area contributed by atoms with Gasteiger partial charge in [-0.25, -0.2) is 0 Å². The normalized spacial score (nSPS) is 27.2. The predicted molar refractivity (Wildman–Crippen MR) is 57.3 cm³/mol. The van der Waals surface area contributed by atoms with Gasteiger partial charge in [0.15, 0.2) is 0 Å². The zero-order valence-corrected chi connectivity index (χ0v) is 9.33. The minimum atomic E-state index is 0.228. The Kier molecular flexibility index (Phi) is 5.45. The first-order valence-electron chi connectivity index (χ1n) is 5.72. The van der Waals surface area contributed by atoms with E-state index in [1.54, 1.807) is 0 Å². The van der Waals surface area contributed by atoms with Crippen molar-refractivity contribution in [3.05, 3.63) is 0 Å². The number of aliphatic hydroxyl groups excluding tert-OH is 1. The minimum absolute atomic E-state index is 0.228. The Hall–Kier alpha value is -0.120. The molecule has 2 N–H and O–H groups in total. The van der Waals surface area contributed by atoms with Crippen LogP contribution in [0.15, 0.2) is 0 Å². The summed E-state index contributed by atoms with van der Waals surface area (Å²) in [6.07, 6.45) is 3.41. The summed E-state index contributed by atoms with van der Waals surface area (Å²) in [6, 6.07) is 0.668. The zero-order valence-electron chi connectivity index (χ0n) is 9.33. The van der Waals surface area contributed by atoms with Crippen LogP contribution in [0.5, 0.6) is 0 Å². The fourth-order valence-corrected chi connectivity index (χ4v) is 1.86. The van der Waals surface area contributed by atoms with Crippen molar-refractivity contribution in [3.8, 4) is 0 Å². The summed E-state index contributed by atoms with van der Waals surface area (Å²) >= 11 is 0. The third-order valence-electron chi connectivity index (χ3n) is 3.14. The third kappa shape index (κ3) is 3.56. The van der Waals surface area contributed by atoms with Crippen LogP contribution in [-0.4, -0.2) is 37.0 Å². The van der Waals surface area contributed by atoms with Crippen LogP contribution in [0.25, 0.3) is 0 Å². The average molecular weight is 201 g/mol. The molecule has 0 amide bonds. The molecule has 1 aliphatic heterocycles. The quantitative estimate of drug-likeness (QED) is 0.701. The maximum atomic E-state index is 9.25. The van der Waals surface area contributed by atoms with Crippen LogP contribution in [0.2, 0.25) is 0 Å². The van der Waals surface area contributed by atoms with Gasteiger partial charge in [-0.05, 0) is 18.8 Å². The van der Waals surface area contributed by atoms with Gasteiger partial charge in [-0.15, -0.1) is 0 Å². The molecule has 0 aromatic rings. The lowest BCUT2D eigenvalue weighted by Gasteiger charge is -2.30. The monoisotopic (exact) mass is 201 g/mol. The molecule has 0 aromatic carbocycles. The van der Waals surface area contributed by atoms with Gasteiger partial charge in [-0.1, -0.05) is 20.3 Å². The van der Waals surface area contributed by atoms with Crippen LogP contribution in [-0.2, 0) is 4.74 Å². The summed E-state index contributed by atoms with van der Waals surface area (Å²) in [4.78, 5) is 0. The highest BCUT2D eigenvalue weighted by Gasteiger charge is 2.20. The van der Waals surface area contributed by atoms with Gasteiger partial charge in [-0.2, -0.15) is 0 Å². The van der Waals surface area contributed by atoms with E-state index in [9.17, 15) is 5.11 Å². The van der Waals surface area contributed by atoms with Crippen molar-refractivity contribution in [1.29, 1.82) is 0 Å². The summed E-state index contributed by atoms with van der Waals surface area (Å²) in [7, 11) is 0. The first kappa shape index (κ1) is 12.0. The molecule has 0 saturated carbocycles. The Morgan fingerprint density at radius 3 is 2.86 bits per heavy atom. The van der Waals surface area contributed by atoms with Crippen molar-refractivity contribution in [2.75, 3.05) is 19.8 Å². The maximum absolute atomic E-state index is 9.25. The lowest BCUT2D eigenvalue weighted by atomic mass is 9.98. The Labute approximate surface area is 86.8 Å². The molecular weight excluding hydrogens is 178 g/mol. The van der Waals surface area contributed by atoms with Crippen molar-refractivity contribution in [2.24, 2.45) is 5.92 Å². The Balaban J connectivity index is 2.30. The van der Waals surface area contributed by atoms with E-state index in [4.69, 9.17) is 4.74 Å². The third-order valence-corrected chi connectivity index (χ3v) is 3.14. The molecule has 0 aliphatic carbocycles. The van der Waals surface area contributed by atoms with E-state index in [0.717, 1.165) is 26.1 Å². The van der Waals surface area contributed by atoms with Gasteiger partial charge < -0.3 is 15.2 Å². The molecule has 0 aromatic heterocycles. The summed E-state index contributed by atoms with van der Waals surface area (Å²) < 4.78 is 5.40. The lowest BCUT2D eigenvalue weighted by Crippen LogP contribution is -2.47. The second-order valence-corrected chi connectivity index (χ2v) is 4.26. The van der Waals surface area contributed by atoms with Crippen LogP contribution in [0, 0.1) is 5.92 Å². The molecule has 1 heterocycles. The molecule has 1 aliphatic rings. The largest absolute Gasteiger partial charge is 0.395 e. The van der Waals surface area contributed by atoms with E-state index in [1.165, 1.54) is 6.42 Å². The van der Waals surface area contributed by atoms with Crippen LogP contribution < -0.4 is 5.32 Å². The van der Waals surface area contributed by atoms with Crippen molar-refractivity contribution >= 4 is 0 Å². The molecule has 0 spiro atoms. The molecule has 14 heavy (non-hydrogen) atoms. The smallest absolute Gasteiger partial charge is 0.0619 e. The van der Waals surface area contributed by atoms with E-state index >= 15 is 0 Å². The molecule has 0 bridgehead atoms. The van der Waals surface area contributed by atoms with E-state index in [0.29, 0.717) is 12.0 Å². The van der Waals surface area contributed by atoms with E-state index in [-0.39, 0.29) is 12.6 Å². The molecule has 1 fully saturated rings. The summed E-state index contributed by atoms with van der Waals surface area (Å²) in [6.45, 7) is 6.26. The SMILES string of the molecule is CCC(C)C(CO)NC1CCCOC1. The van der Waals surface area contributed by atoms with Gasteiger partial charge in [0, 0.05) is 18.7 Å². The maximum Gasteiger partial charge on any atom is 0.0619 e. The molecule has 3 nitrogen and oxygen atoms in total. The van der Waals surface area contributed by atoms with Crippen molar-refractivity contribution in [1.82, 2.24) is 5.32 Å². The highest BCUT2D eigenvalue weighted by atomic mass is 16.5. The number of aliphatic hydroxyl groups is 1. The first-order chi connectivity index (χ1) is 6.77. The molecule has 3 atom stereocenters. The van der Waals surface area contributed by atoms with Crippen molar-refractivity contribution in [2.45, 2.75) is 45.2 Å². The molecular formula is C11H23NO2. The van der Waals surface area contributed by atoms with Gasteiger partial charge in [0.25, 0.3) is 0 Å². The number of hydrogen-bond acceptors (Lipinski definition) is 3. The van der Waals surface area contributed by atoms with Gasteiger partial charge in [-0.3, -0.25) is 0 Å². The molecule has 84 valence electrons. The Bertz CT molecular complexity index is 146. The van der Waals surface area contributed by atoms with E-state index in [1.807, 2.05) is 0 Å². The minimum Gasteiger partial charge on any atom is -0.395 e. The van der Waals surface area contributed by atoms with Crippen LogP contribution in [0.1, 0.15) is 33.1 Å². The number of hydrogen-bond donors (Lipinski definition) is 2. The van der Waals surface area contributed by atoms with Gasteiger partial charge >= 0.3 is 0 Å². The predicted octanol–water partition coefficient (Wildman–Crippen LogP) is 1.16. The fraction of sp³-hybridized carbons (Fsp3) is 1.00. The first-order valence-corrected chi connectivity index (χ1v) is 5.72. The van der Waals surface area contributed by atoms with Crippen LogP contribution in [0.4, 0.5) is 0 Å². The second kappa shape index (κ2) is 6.38. The molecule has 3 heteroatoms. The summed E-state index contributed by atoms with van der Waals surface area (Å²) in [5, 5.41) is 12.7. The number of nitrogens with one attached hydrogen (secondary N) is 1. The summed E-state index contributed by atoms with van der Waals surface area (Å²) in [5.41, 5.74) is 0. The Morgan fingerprint density at radius 1 is 1.57 bits per heavy atom. The van der Waals surface area contributed by atoms with E-state index in [2.05, 4.69) is 19.2 Å². The van der Waals surface area contributed by atoms with Crippen LogP contribution in [0.3, 0.4) is 0 Å². The molecule has 1 saturated heterocycles. The highest BCUT2D eigenvalue weighted by molar-refractivity contribution is 4.78. The second-order valence-electron chi connectivity index (χ2n) is 4.26. The van der Waals surface area contributed by atoms with Crippen LogP contribution >= 0.6 is 0 Å². The number of ether oxygens (including phenoxy) is 1. The Morgan fingerprint density at radius 2 is 2.36 bits per heavy atom. The standard InChI is InChI=1S/C11H23NO2/c1-3-9(2)11(7-13)12-10-5-4-6-14-8-10/h9-13H,3-8H2,1-2H3. The average Bonchev–Trinajstić information content (AvgIpc) is 2.26. The van der Waals surface area contributed by atoms with E-state index < -0.39 is 0 Å². The number of rotatable bonds is 5. The lowest BCUT2D eigenvalue weighted by molar-refractivity contribution is 0.0576. The van der Waals surface area contributed by atoms with Crippen molar-refractivity contribution < 1.29 is 9.84 Å². The molecule has 3 unspecified atom stereocenters. The van der Waals surface area contributed by atoms with Gasteiger partial charge in [0.05, 0.1) is 13.2 Å². The summed E-state index contributed by atoms with van der Waals surface area (Å²) in [5.74, 6) is 0.530. The topological polar surface area (TPSA) is 41.5 Å². The van der Waals surface area contributed by atoms with Gasteiger partial charge in [0.1, 0.15) is 0 Å². The molecule has 1 rings (SSSR count). The highest BCUT2D eigenvalue weighted by Crippen LogP contribution is 2.12. The fourth-order valence-electron chi connectivity index (χ4n) is 1.86. The molecule has 0 radical (unpaired) electrons.